The number of benzene rings is 1. The molecule has 5 aliphatic rings. The molecule has 156 valence electrons. The third kappa shape index (κ3) is 2.72. The van der Waals surface area contributed by atoms with Gasteiger partial charge in [-0.25, -0.2) is 10.0 Å². The lowest BCUT2D eigenvalue weighted by Gasteiger charge is -2.65. The second-order valence-corrected chi connectivity index (χ2v) is 9.82. The van der Waals surface area contributed by atoms with Gasteiger partial charge in [-0.15, -0.1) is 0 Å². The van der Waals surface area contributed by atoms with Crippen molar-refractivity contribution in [3.63, 3.8) is 0 Å². The molecule has 29 heavy (non-hydrogen) atoms. The van der Waals surface area contributed by atoms with E-state index in [1.165, 1.54) is 23.6 Å². The van der Waals surface area contributed by atoms with Gasteiger partial charge in [0.25, 0.3) is 11.8 Å². The van der Waals surface area contributed by atoms with Crippen molar-refractivity contribution in [3.8, 4) is 0 Å². The smallest absolute Gasteiger partial charge is 0.270 e. The number of hydrazine groups is 1. The first-order chi connectivity index (χ1) is 13.6. The van der Waals surface area contributed by atoms with Gasteiger partial charge in [0.1, 0.15) is 5.54 Å². The minimum absolute atomic E-state index is 0.0433. The lowest BCUT2D eigenvalue weighted by molar-refractivity contribution is -0.230. The van der Waals surface area contributed by atoms with E-state index >= 15 is 0 Å². The van der Waals surface area contributed by atoms with E-state index in [2.05, 4.69) is 0 Å². The summed E-state index contributed by atoms with van der Waals surface area (Å²) in [5, 5.41) is 3.16. The van der Waals surface area contributed by atoms with Crippen molar-refractivity contribution in [1.29, 1.82) is 0 Å². The average Bonchev–Trinajstić information content (AvgIpc) is 2.65. The van der Waals surface area contributed by atoms with E-state index in [-0.39, 0.29) is 17.5 Å². The van der Waals surface area contributed by atoms with Crippen LogP contribution in [0.2, 0.25) is 0 Å². The Balaban J connectivity index is 1.43. The van der Waals surface area contributed by atoms with Gasteiger partial charge in [0.15, 0.2) is 0 Å². The average molecular weight is 406 g/mol. The van der Waals surface area contributed by atoms with Gasteiger partial charge in [-0.1, -0.05) is 0 Å². The predicted octanol–water partition coefficient (Wildman–Crippen LogP) is 4.51. The van der Waals surface area contributed by atoms with Crippen molar-refractivity contribution in [2.75, 3.05) is 0 Å². The summed E-state index contributed by atoms with van der Waals surface area (Å²) in [7, 11) is 0. The van der Waals surface area contributed by atoms with Gasteiger partial charge in [-0.2, -0.15) is 13.2 Å². The number of alkyl halides is 3. The summed E-state index contributed by atoms with van der Waals surface area (Å²) in [5.41, 5.74) is -1.59. The molecule has 6 rings (SSSR count). The molecule has 0 radical (unpaired) electrons. The maximum Gasteiger partial charge on any atom is 0.416 e. The zero-order chi connectivity index (χ0) is 20.7. The van der Waals surface area contributed by atoms with Gasteiger partial charge in [-0.05, 0) is 93.9 Å². The molecule has 0 spiro atoms. The molecule has 1 saturated heterocycles. The number of carbonyl (C=O) groups excluding carboxylic acids is 2. The zero-order valence-corrected chi connectivity index (χ0v) is 16.6. The third-order valence-electron chi connectivity index (χ3n) is 7.59. The van der Waals surface area contributed by atoms with Crippen LogP contribution in [-0.2, 0) is 11.0 Å². The monoisotopic (exact) mass is 406 g/mol. The molecule has 1 aliphatic heterocycles. The highest BCUT2D eigenvalue weighted by atomic mass is 19.4. The van der Waals surface area contributed by atoms with Gasteiger partial charge in [0.2, 0.25) is 0 Å². The molecule has 4 bridgehead atoms. The van der Waals surface area contributed by atoms with E-state index in [1.807, 2.05) is 0 Å². The van der Waals surface area contributed by atoms with Crippen molar-refractivity contribution >= 4 is 11.8 Å². The molecule has 1 heterocycles. The lowest BCUT2D eigenvalue weighted by atomic mass is 9.53. The lowest BCUT2D eigenvalue weighted by Crippen LogP contribution is -2.80. The summed E-state index contributed by atoms with van der Waals surface area (Å²) < 4.78 is 38.6. The Morgan fingerprint density at radius 2 is 1.48 bits per heavy atom. The highest BCUT2D eigenvalue weighted by molar-refractivity contribution is 6.04. The van der Waals surface area contributed by atoms with E-state index in [1.54, 1.807) is 18.9 Å². The van der Waals surface area contributed by atoms with Crippen molar-refractivity contribution in [2.45, 2.75) is 63.7 Å². The van der Waals surface area contributed by atoms with Crippen LogP contribution in [0, 0.1) is 23.7 Å². The molecule has 1 aromatic rings. The standard InChI is InChI=1S/C22H25F3N2O2/c1-21(2)20(29)26(18-15-8-12-7-13(10-15)11-16(18)9-12)27(21)19(28)14-3-5-17(6-4-14)22(23,24)25/h3-6,12-13,15-16,18H,7-11H2,1-2H3. The highest BCUT2D eigenvalue weighted by Crippen LogP contribution is 2.57. The molecule has 1 aromatic carbocycles. The SMILES string of the molecule is CC1(C)C(=O)N(C2C3CC4CC(C3)CC2C4)N1C(=O)c1ccc(C(F)(F)F)cc1. The fraction of sp³-hybridized carbons (Fsp3) is 0.636. The molecule has 0 atom stereocenters. The third-order valence-corrected chi connectivity index (χ3v) is 7.59. The summed E-state index contributed by atoms with van der Waals surface area (Å²) in [6.07, 6.45) is 1.32. The molecule has 4 saturated carbocycles. The van der Waals surface area contributed by atoms with E-state index in [0.717, 1.165) is 49.7 Å². The fourth-order valence-corrected chi connectivity index (χ4v) is 6.53. The Labute approximate surface area is 168 Å². The zero-order valence-electron chi connectivity index (χ0n) is 16.6. The quantitative estimate of drug-likeness (QED) is 0.725. The number of carbonyl (C=O) groups is 2. The number of hydrogen-bond acceptors (Lipinski definition) is 2. The molecule has 0 aromatic heterocycles. The van der Waals surface area contributed by atoms with Crippen LogP contribution >= 0.6 is 0 Å². The Hall–Kier alpha value is -2.05. The highest BCUT2D eigenvalue weighted by Gasteiger charge is 2.62. The number of amides is 2. The van der Waals surface area contributed by atoms with Crippen LogP contribution in [-0.4, -0.2) is 33.4 Å². The molecule has 4 aliphatic carbocycles. The van der Waals surface area contributed by atoms with Gasteiger partial charge in [-0.3, -0.25) is 9.59 Å². The molecule has 0 N–H and O–H groups in total. The van der Waals surface area contributed by atoms with Crippen LogP contribution in [0.5, 0.6) is 0 Å². The van der Waals surface area contributed by atoms with Crippen molar-refractivity contribution in [2.24, 2.45) is 23.7 Å². The second kappa shape index (κ2) is 5.99. The Morgan fingerprint density at radius 3 is 1.97 bits per heavy atom. The molecule has 0 unspecified atom stereocenters. The topological polar surface area (TPSA) is 40.6 Å². The summed E-state index contributed by atoms with van der Waals surface area (Å²) in [5.74, 6) is 1.88. The maximum atomic E-state index is 13.2. The summed E-state index contributed by atoms with van der Waals surface area (Å²) in [6, 6.07) is 4.31. The minimum Gasteiger partial charge on any atom is -0.270 e. The maximum absolute atomic E-state index is 13.2. The summed E-state index contributed by atoms with van der Waals surface area (Å²) in [4.78, 5) is 26.3. The Bertz CT molecular complexity index is 834. The number of hydrogen-bond donors (Lipinski definition) is 0. The second-order valence-electron chi connectivity index (χ2n) is 9.82. The van der Waals surface area contributed by atoms with Gasteiger partial charge in [0.05, 0.1) is 11.6 Å². The number of nitrogens with zero attached hydrogens (tertiary/aromatic N) is 2. The van der Waals surface area contributed by atoms with Crippen molar-refractivity contribution in [1.82, 2.24) is 10.0 Å². The van der Waals surface area contributed by atoms with Crippen LogP contribution in [0.25, 0.3) is 0 Å². The predicted molar refractivity (Wildman–Crippen MR) is 99.4 cm³/mol. The van der Waals surface area contributed by atoms with Gasteiger partial charge in [0, 0.05) is 5.56 Å². The van der Waals surface area contributed by atoms with Gasteiger partial charge >= 0.3 is 6.18 Å². The Morgan fingerprint density at radius 1 is 0.966 bits per heavy atom. The number of halogens is 3. The van der Waals surface area contributed by atoms with Gasteiger partial charge < -0.3 is 0 Å². The molecular formula is C22H25F3N2O2. The summed E-state index contributed by atoms with van der Waals surface area (Å²) in [6.45, 7) is 3.42. The first kappa shape index (κ1) is 18.9. The normalized spacial score (nSPS) is 35.1. The van der Waals surface area contributed by atoms with E-state index < -0.39 is 23.2 Å². The first-order valence-corrected chi connectivity index (χ1v) is 10.4. The minimum atomic E-state index is -4.44. The molecule has 4 nitrogen and oxygen atoms in total. The van der Waals surface area contributed by atoms with E-state index in [0.29, 0.717) is 11.8 Å². The van der Waals surface area contributed by atoms with E-state index in [4.69, 9.17) is 0 Å². The number of rotatable bonds is 2. The van der Waals surface area contributed by atoms with E-state index in [9.17, 15) is 22.8 Å². The Kier molecular flexibility index (Phi) is 3.91. The summed E-state index contributed by atoms with van der Waals surface area (Å²) >= 11 is 0. The van der Waals surface area contributed by atoms with Crippen LogP contribution in [0.1, 0.15) is 61.9 Å². The molecule has 2 amide bonds. The molecule has 5 fully saturated rings. The van der Waals surface area contributed by atoms with Crippen LogP contribution < -0.4 is 0 Å². The largest absolute Gasteiger partial charge is 0.416 e. The molecule has 7 heteroatoms. The fourth-order valence-electron chi connectivity index (χ4n) is 6.53. The van der Waals surface area contributed by atoms with Crippen molar-refractivity contribution < 1.29 is 22.8 Å². The molecular weight excluding hydrogens is 381 g/mol. The van der Waals surface area contributed by atoms with Crippen LogP contribution in [0.3, 0.4) is 0 Å². The van der Waals surface area contributed by atoms with Crippen molar-refractivity contribution in [3.05, 3.63) is 35.4 Å². The van der Waals surface area contributed by atoms with Crippen LogP contribution in [0.15, 0.2) is 24.3 Å². The first-order valence-electron chi connectivity index (χ1n) is 10.4. The van der Waals surface area contributed by atoms with Crippen LogP contribution in [0.4, 0.5) is 13.2 Å².